The van der Waals surface area contributed by atoms with Crippen LogP contribution >= 0.6 is 0 Å². The molecule has 0 fully saturated rings. The Morgan fingerprint density at radius 1 is 1.21 bits per heavy atom. The summed E-state index contributed by atoms with van der Waals surface area (Å²) >= 11 is 0. The smallest absolute Gasteiger partial charge is 0.251 e. The molecule has 1 amide bonds. The minimum absolute atomic E-state index is 0.0365. The number of carbonyl (C=O) groups is 1. The summed E-state index contributed by atoms with van der Waals surface area (Å²) in [4.78, 5) is 12.1. The number of hydrogen-bond acceptors (Lipinski definition) is 5. The summed E-state index contributed by atoms with van der Waals surface area (Å²) < 4.78 is 10.8. The highest BCUT2D eigenvalue weighted by molar-refractivity contribution is 5.76. The first kappa shape index (κ1) is 16.0. The maximum atomic E-state index is 12.1. The van der Waals surface area contributed by atoms with Gasteiger partial charge in [-0.3, -0.25) is 4.79 Å². The standard InChI is InChI=1S/C18H19N3O3/c1-12(14-6-4-3-5-7-14)19-16(22)8-9-17-20-21-18(24-17)15-10-11-23-13(15)2/h3-7,10-12H,8-9H2,1-2H3,(H,19,22). The van der Waals surface area contributed by atoms with Crippen molar-refractivity contribution in [1.29, 1.82) is 0 Å². The third-order valence-corrected chi connectivity index (χ3v) is 3.80. The zero-order valence-corrected chi connectivity index (χ0v) is 13.7. The molecule has 1 unspecified atom stereocenters. The van der Waals surface area contributed by atoms with Gasteiger partial charge in [0.05, 0.1) is 17.9 Å². The highest BCUT2D eigenvalue weighted by atomic mass is 16.4. The average molecular weight is 325 g/mol. The highest BCUT2D eigenvalue weighted by Gasteiger charge is 2.15. The number of aromatic nitrogens is 2. The lowest BCUT2D eigenvalue weighted by molar-refractivity contribution is -0.121. The average Bonchev–Trinajstić information content (AvgIpc) is 3.22. The van der Waals surface area contributed by atoms with Crippen LogP contribution in [0, 0.1) is 6.92 Å². The Labute approximate surface area is 139 Å². The first-order chi connectivity index (χ1) is 11.6. The minimum Gasteiger partial charge on any atom is -0.469 e. The highest BCUT2D eigenvalue weighted by Crippen LogP contribution is 2.23. The van der Waals surface area contributed by atoms with Gasteiger partial charge in [-0.2, -0.15) is 0 Å². The van der Waals surface area contributed by atoms with Gasteiger partial charge in [-0.25, -0.2) is 0 Å². The van der Waals surface area contributed by atoms with E-state index in [0.717, 1.165) is 16.9 Å². The summed E-state index contributed by atoms with van der Waals surface area (Å²) in [5.74, 6) is 1.52. The fourth-order valence-electron chi connectivity index (χ4n) is 2.43. The molecular weight excluding hydrogens is 306 g/mol. The van der Waals surface area contributed by atoms with E-state index in [1.54, 1.807) is 12.3 Å². The Kier molecular flexibility index (Phi) is 4.74. The van der Waals surface area contributed by atoms with Crippen LogP contribution in [0.4, 0.5) is 0 Å². The quantitative estimate of drug-likeness (QED) is 0.750. The molecule has 1 N–H and O–H groups in total. The van der Waals surface area contributed by atoms with E-state index in [9.17, 15) is 4.79 Å². The van der Waals surface area contributed by atoms with Crippen LogP contribution < -0.4 is 5.32 Å². The number of hydrogen-bond donors (Lipinski definition) is 1. The molecule has 0 bridgehead atoms. The molecule has 3 aromatic rings. The maximum Gasteiger partial charge on any atom is 0.251 e. The largest absolute Gasteiger partial charge is 0.469 e. The van der Waals surface area contributed by atoms with Crippen LogP contribution in [-0.2, 0) is 11.2 Å². The van der Waals surface area contributed by atoms with Crippen molar-refractivity contribution in [2.75, 3.05) is 0 Å². The number of carbonyl (C=O) groups excluding carboxylic acids is 1. The van der Waals surface area contributed by atoms with Gasteiger partial charge < -0.3 is 14.2 Å². The Balaban J connectivity index is 1.53. The zero-order valence-electron chi connectivity index (χ0n) is 13.7. The summed E-state index contributed by atoms with van der Waals surface area (Å²) in [6, 6.07) is 11.6. The van der Waals surface area contributed by atoms with Crippen LogP contribution in [0.5, 0.6) is 0 Å². The van der Waals surface area contributed by atoms with Crippen LogP contribution in [-0.4, -0.2) is 16.1 Å². The first-order valence-corrected chi connectivity index (χ1v) is 7.84. The SMILES string of the molecule is Cc1occc1-c1nnc(CCC(=O)NC(C)c2ccccc2)o1. The van der Waals surface area contributed by atoms with Crippen molar-refractivity contribution >= 4 is 5.91 Å². The number of nitrogens with one attached hydrogen (secondary N) is 1. The van der Waals surface area contributed by atoms with Crippen molar-refractivity contribution in [3.63, 3.8) is 0 Å². The molecule has 0 radical (unpaired) electrons. The van der Waals surface area contributed by atoms with Gasteiger partial charge >= 0.3 is 0 Å². The second-order valence-electron chi connectivity index (χ2n) is 5.59. The molecule has 124 valence electrons. The van der Waals surface area contributed by atoms with E-state index in [4.69, 9.17) is 8.83 Å². The molecule has 2 heterocycles. The van der Waals surface area contributed by atoms with E-state index in [1.165, 1.54) is 0 Å². The van der Waals surface area contributed by atoms with Crippen molar-refractivity contribution < 1.29 is 13.6 Å². The molecule has 24 heavy (non-hydrogen) atoms. The summed E-state index contributed by atoms with van der Waals surface area (Å²) in [6.45, 7) is 3.79. The predicted octanol–water partition coefficient (Wildman–Crippen LogP) is 3.45. The molecule has 1 aromatic carbocycles. The van der Waals surface area contributed by atoms with Crippen LogP contribution in [0.1, 0.15) is 36.6 Å². The van der Waals surface area contributed by atoms with Gasteiger partial charge in [-0.15, -0.1) is 10.2 Å². The van der Waals surface area contributed by atoms with Gasteiger partial charge in [0, 0.05) is 12.8 Å². The van der Waals surface area contributed by atoms with Crippen molar-refractivity contribution in [1.82, 2.24) is 15.5 Å². The monoisotopic (exact) mass is 325 g/mol. The third-order valence-electron chi connectivity index (χ3n) is 3.80. The summed E-state index contributed by atoms with van der Waals surface area (Å²) in [5.41, 5.74) is 1.84. The van der Waals surface area contributed by atoms with Crippen LogP contribution in [0.2, 0.25) is 0 Å². The lowest BCUT2D eigenvalue weighted by atomic mass is 10.1. The Bertz CT molecular complexity index is 808. The number of amides is 1. The van der Waals surface area contributed by atoms with Crippen LogP contribution in [0.15, 0.2) is 51.5 Å². The van der Waals surface area contributed by atoms with E-state index in [2.05, 4.69) is 15.5 Å². The van der Waals surface area contributed by atoms with E-state index in [-0.39, 0.29) is 11.9 Å². The number of aryl methyl sites for hydroxylation is 2. The maximum absolute atomic E-state index is 12.1. The molecule has 2 aromatic heterocycles. The molecule has 0 aliphatic heterocycles. The second kappa shape index (κ2) is 7.12. The molecule has 0 aliphatic rings. The molecule has 0 aliphatic carbocycles. The van der Waals surface area contributed by atoms with Gasteiger partial charge in [0.2, 0.25) is 11.8 Å². The lowest BCUT2D eigenvalue weighted by Crippen LogP contribution is -2.26. The topological polar surface area (TPSA) is 81.2 Å². The third kappa shape index (κ3) is 3.71. The zero-order chi connectivity index (χ0) is 16.9. The molecule has 6 nitrogen and oxygen atoms in total. The van der Waals surface area contributed by atoms with Gasteiger partial charge in [0.15, 0.2) is 0 Å². The number of benzene rings is 1. The minimum atomic E-state index is -0.0504. The van der Waals surface area contributed by atoms with Crippen molar-refractivity contribution in [2.24, 2.45) is 0 Å². The summed E-state index contributed by atoms with van der Waals surface area (Å²) in [5, 5.41) is 10.9. The van der Waals surface area contributed by atoms with Crippen LogP contribution in [0.25, 0.3) is 11.5 Å². The van der Waals surface area contributed by atoms with Crippen LogP contribution in [0.3, 0.4) is 0 Å². The van der Waals surface area contributed by atoms with Gasteiger partial charge in [0.25, 0.3) is 5.89 Å². The molecule has 0 saturated heterocycles. The van der Waals surface area contributed by atoms with Crippen molar-refractivity contribution in [3.05, 3.63) is 59.9 Å². The molecule has 3 rings (SSSR count). The number of nitrogens with zero attached hydrogens (tertiary/aromatic N) is 2. The first-order valence-electron chi connectivity index (χ1n) is 7.84. The predicted molar refractivity (Wildman–Crippen MR) is 88.1 cm³/mol. The van der Waals surface area contributed by atoms with E-state index >= 15 is 0 Å². The van der Waals surface area contributed by atoms with Crippen molar-refractivity contribution in [2.45, 2.75) is 32.7 Å². The fraction of sp³-hybridized carbons (Fsp3) is 0.278. The summed E-state index contributed by atoms with van der Waals surface area (Å²) in [7, 11) is 0. The number of rotatable bonds is 6. The van der Waals surface area contributed by atoms with E-state index < -0.39 is 0 Å². The molecule has 0 saturated carbocycles. The van der Waals surface area contributed by atoms with E-state index in [1.807, 2.05) is 44.2 Å². The second-order valence-corrected chi connectivity index (χ2v) is 5.59. The molecular formula is C18H19N3O3. The van der Waals surface area contributed by atoms with Gasteiger partial charge in [-0.1, -0.05) is 30.3 Å². The molecule has 6 heteroatoms. The van der Waals surface area contributed by atoms with Crippen molar-refractivity contribution in [3.8, 4) is 11.5 Å². The Hall–Kier alpha value is -2.89. The van der Waals surface area contributed by atoms with Gasteiger partial charge in [-0.05, 0) is 25.5 Å². The Morgan fingerprint density at radius 3 is 2.71 bits per heavy atom. The lowest BCUT2D eigenvalue weighted by Gasteiger charge is -2.13. The normalized spacial score (nSPS) is 12.1. The summed E-state index contributed by atoms with van der Waals surface area (Å²) in [6.07, 6.45) is 2.27. The van der Waals surface area contributed by atoms with E-state index in [0.29, 0.717) is 24.6 Å². The molecule has 0 spiro atoms. The Morgan fingerprint density at radius 2 is 2.00 bits per heavy atom. The fourth-order valence-corrected chi connectivity index (χ4v) is 2.43. The number of furan rings is 1. The molecule has 1 atom stereocenters. The van der Waals surface area contributed by atoms with Gasteiger partial charge in [0.1, 0.15) is 5.76 Å².